The lowest BCUT2D eigenvalue weighted by Crippen LogP contribution is -2.47. The van der Waals surface area contributed by atoms with Crippen LogP contribution in [-0.2, 0) is 4.79 Å². The fourth-order valence-corrected chi connectivity index (χ4v) is 1.80. The molecule has 4 heteroatoms. The molecular weight excluding hydrogens is 200 g/mol. The number of rotatable bonds is 1. The van der Waals surface area contributed by atoms with Crippen molar-refractivity contribution in [2.75, 3.05) is 13.1 Å². The van der Waals surface area contributed by atoms with E-state index in [0.29, 0.717) is 11.6 Å². The van der Waals surface area contributed by atoms with Crippen LogP contribution < -0.4 is 10.6 Å². The van der Waals surface area contributed by atoms with Gasteiger partial charge in [0.2, 0.25) is 5.91 Å². The molecule has 0 aliphatic carbocycles. The molecule has 1 fully saturated rings. The summed E-state index contributed by atoms with van der Waals surface area (Å²) in [4.78, 5) is 11.5. The quantitative estimate of drug-likeness (QED) is 0.729. The molecule has 0 spiro atoms. The van der Waals surface area contributed by atoms with Gasteiger partial charge in [0.15, 0.2) is 0 Å². The van der Waals surface area contributed by atoms with Crippen molar-refractivity contribution >= 4 is 17.5 Å². The Balaban J connectivity index is 2.29. The summed E-state index contributed by atoms with van der Waals surface area (Å²) in [6.45, 7) is 1.46. The summed E-state index contributed by atoms with van der Waals surface area (Å²) in [7, 11) is 0. The van der Waals surface area contributed by atoms with Crippen LogP contribution >= 0.6 is 11.6 Å². The molecule has 0 bridgehead atoms. The maximum absolute atomic E-state index is 11.5. The Morgan fingerprint density at radius 3 is 2.79 bits per heavy atom. The van der Waals surface area contributed by atoms with Gasteiger partial charge in [-0.05, 0) is 11.6 Å². The first-order valence-corrected chi connectivity index (χ1v) is 4.92. The average molecular weight is 211 g/mol. The predicted molar refractivity (Wildman–Crippen MR) is 55.2 cm³/mol. The lowest BCUT2D eigenvalue weighted by molar-refractivity contribution is -0.124. The van der Waals surface area contributed by atoms with E-state index in [2.05, 4.69) is 10.6 Å². The molecule has 1 amide bonds. The number of benzene rings is 1. The SMILES string of the molecule is O=C1NCCNC1c1ccccc1Cl. The van der Waals surface area contributed by atoms with E-state index >= 15 is 0 Å². The summed E-state index contributed by atoms with van der Waals surface area (Å²) in [6, 6.07) is 7.08. The Kier molecular flexibility index (Phi) is 2.70. The lowest BCUT2D eigenvalue weighted by atomic mass is 10.0. The standard InChI is InChI=1S/C10H11ClN2O/c11-8-4-2-1-3-7(8)9-10(14)13-6-5-12-9/h1-4,9,12H,5-6H2,(H,13,14). The molecule has 0 saturated carbocycles. The van der Waals surface area contributed by atoms with Crippen molar-refractivity contribution in [1.29, 1.82) is 0 Å². The van der Waals surface area contributed by atoms with E-state index in [4.69, 9.17) is 11.6 Å². The molecule has 0 aromatic heterocycles. The first kappa shape index (κ1) is 9.49. The fraction of sp³-hybridized carbons (Fsp3) is 0.300. The third-order valence-corrected chi connectivity index (χ3v) is 2.60. The van der Waals surface area contributed by atoms with Gasteiger partial charge in [0.1, 0.15) is 6.04 Å². The highest BCUT2D eigenvalue weighted by Gasteiger charge is 2.24. The lowest BCUT2D eigenvalue weighted by Gasteiger charge is -2.24. The van der Waals surface area contributed by atoms with Crippen LogP contribution in [0.3, 0.4) is 0 Å². The normalized spacial score (nSPS) is 21.8. The Morgan fingerprint density at radius 1 is 1.29 bits per heavy atom. The van der Waals surface area contributed by atoms with Crippen molar-refractivity contribution in [3.63, 3.8) is 0 Å². The molecule has 2 N–H and O–H groups in total. The number of amides is 1. The minimum Gasteiger partial charge on any atom is -0.353 e. The maximum atomic E-state index is 11.5. The highest BCUT2D eigenvalue weighted by atomic mass is 35.5. The Hall–Kier alpha value is -1.06. The van der Waals surface area contributed by atoms with Crippen LogP contribution in [0.1, 0.15) is 11.6 Å². The van der Waals surface area contributed by atoms with Gasteiger partial charge in [-0.2, -0.15) is 0 Å². The molecule has 1 saturated heterocycles. The number of hydrogen-bond acceptors (Lipinski definition) is 2. The van der Waals surface area contributed by atoms with Crippen LogP contribution in [0.4, 0.5) is 0 Å². The van der Waals surface area contributed by atoms with E-state index in [0.717, 1.165) is 12.1 Å². The second-order valence-corrected chi connectivity index (χ2v) is 3.61. The molecule has 1 aliphatic heterocycles. The van der Waals surface area contributed by atoms with E-state index in [-0.39, 0.29) is 11.9 Å². The van der Waals surface area contributed by atoms with Gasteiger partial charge in [-0.25, -0.2) is 0 Å². The van der Waals surface area contributed by atoms with Crippen LogP contribution in [0, 0.1) is 0 Å². The minimum absolute atomic E-state index is 0.00986. The molecule has 1 aliphatic rings. The summed E-state index contributed by atoms with van der Waals surface area (Å²) in [5, 5.41) is 6.55. The molecule has 74 valence electrons. The van der Waals surface area contributed by atoms with Gasteiger partial charge >= 0.3 is 0 Å². The molecule has 1 aromatic rings. The summed E-state index contributed by atoms with van der Waals surface area (Å²) in [6.07, 6.45) is 0. The third kappa shape index (κ3) is 1.74. The molecular formula is C10H11ClN2O. The summed E-state index contributed by atoms with van der Waals surface area (Å²) < 4.78 is 0. The second-order valence-electron chi connectivity index (χ2n) is 3.20. The van der Waals surface area contributed by atoms with Crippen molar-refractivity contribution in [3.8, 4) is 0 Å². The molecule has 1 unspecified atom stereocenters. The molecule has 1 atom stereocenters. The number of hydrogen-bond donors (Lipinski definition) is 2. The Bertz CT molecular complexity index is 354. The van der Waals surface area contributed by atoms with Gasteiger partial charge in [0, 0.05) is 18.1 Å². The first-order chi connectivity index (χ1) is 6.79. The Labute approximate surface area is 87.4 Å². The predicted octanol–water partition coefficient (Wildman–Crippen LogP) is 1.10. The smallest absolute Gasteiger partial charge is 0.241 e. The topological polar surface area (TPSA) is 41.1 Å². The van der Waals surface area contributed by atoms with Gasteiger partial charge in [-0.15, -0.1) is 0 Å². The van der Waals surface area contributed by atoms with Crippen LogP contribution in [0.15, 0.2) is 24.3 Å². The van der Waals surface area contributed by atoms with Crippen molar-refractivity contribution in [1.82, 2.24) is 10.6 Å². The van der Waals surface area contributed by atoms with Crippen molar-refractivity contribution in [3.05, 3.63) is 34.9 Å². The van der Waals surface area contributed by atoms with Crippen LogP contribution in [0.5, 0.6) is 0 Å². The van der Waals surface area contributed by atoms with Gasteiger partial charge < -0.3 is 10.6 Å². The van der Waals surface area contributed by atoms with Crippen molar-refractivity contribution in [2.45, 2.75) is 6.04 Å². The summed E-state index contributed by atoms with van der Waals surface area (Å²) in [5.74, 6) is -0.00986. The zero-order valence-electron chi connectivity index (χ0n) is 7.59. The molecule has 1 aromatic carbocycles. The summed E-state index contributed by atoms with van der Waals surface area (Å²) >= 11 is 6.00. The number of carbonyl (C=O) groups excluding carboxylic acids is 1. The molecule has 2 rings (SSSR count). The fourth-order valence-electron chi connectivity index (χ4n) is 1.56. The molecule has 1 heterocycles. The van der Waals surface area contributed by atoms with Crippen LogP contribution in [-0.4, -0.2) is 19.0 Å². The zero-order valence-corrected chi connectivity index (χ0v) is 8.34. The van der Waals surface area contributed by atoms with Gasteiger partial charge in [-0.1, -0.05) is 29.8 Å². The monoisotopic (exact) mass is 210 g/mol. The van der Waals surface area contributed by atoms with E-state index in [1.165, 1.54) is 0 Å². The van der Waals surface area contributed by atoms with Crippen LogP contribution in [0.2, 0.25) is 5.02 Å². The van der Waals surface area contributed by atoms with Crippen molar-refractivity contribution < 1.29 is 4.79 Å². The highest BCUT2D eigenvalue weighted by Crippen LogP contribution is 2.23. The number of halogens is 1. The van der Waals surface area contributed by atoms with E-state index < -0.39 is 0 Å². The third-order valence-electron chi connectivity index (χ3n) is 2.25. The second kappa shape index (κ2) is 3.98. The van der Waals surface area contributed by atoms with Gasteiger partial charge in [0.25, 0.3) is 0 Å². The average Bonchev–Trinajstić information content (AvgIpc) is 2.20. The number of piperazine rings is 1. The van der Waals surface area contributed by atoms with Crippen LogP contribution in [0.25, 0.3) is 0 Å². The first-order valence-electron chi connectivity index (χ1n) is 4.54. The minimum atomic E-state index is -0.308. The van der Waals surface area contributed by atoms with E-state index in [9.17, 15) is 4.79 Å². The molecule has 3 nitrogen and oxygen atoms in total. The molecule has 14 heavy (non-hydrogen) atoms. The summed E-state index contributed by atoms with van der Waals surface area (Å²) in [5.41, 5.74) is 0.839. The Morgan fingerprint density at radius 2 is 2.07 bits per heavy atom. The number of nitrogens with one attached hydrogen (secondary N) is 2. The van der Waals surface area contributed by atoms with Gasteiger partial charge in [0.05, 0.1) is 0 Å². The largest absolute Gasteiger partial charge is 0.353 e. The van der Waals surface area contributed by atoms with Gasteiger partial charge in [-0.3, -0.25) is 4.79 Å². The number of carbonyl (C=O) groups is 1. The van der Waals surface area contributed by atoms with Crippen molar-refractivity contribution in [2.24, 2.45) is 0 Å². The maximum Gasteiger partial charge on any atom is 0.241 e. The molecule has 0 radical (unpaired) electrons. The van der Waals surface area contributed by atoms with E-state index in [1.807, 2.05) is 18.2 Å². The highest BCUT2D eigenvalue weighted by molar-refractivity contribution is 6.31. The zero-order chi connectivity index (χ0) is 9.97. The van der Waals surface area contributed by atoms with E-state index in [1.54, 1.807) is 6.07 Å².